The van der Waals surface area contributed by atoms with Crippen LogP contribution in [0.3, 0.4) is 0 Å². The molecule has 190 valence electrons. The van der Waals surface area contributed by atoms with Gasteiger partial charge < -0.3 is 9.47 Å². The minimum atomic E-state index is -3.56. The zero-order valence-corrected chi connectivity index (χ0v) is 21.5. The molecule has 1 aromatic carbocycles. The number of methoxy groups -OCH3 is 1. The maximum atomic E-state index is 14.5. The van der Waals surface area contributed by atoms with Gasteiger partial charge in [-0.2, -0.15) is 0 Å². The summed E-state index contributed by atoms with van der Waals surface area (Å²) in [7, 11) is -0.524. The third-order valence-corrected chi connectivity index (χ3v) is 6.75. The summed E-state index contributed by atoms with van der Waals surface area (Å²) >= 11 is 0. The Labute approximate surface area is 208 Å². The van der Waals surface area contributed by atoms with E-state index in [9.17, 15) is 17.6 Å². The van der Waals surface area contributed by atoms with Gasteiger partial charge in [0.1, 0.15) is 15.7 Å². The first kappa shape index (κ1) is 25.4. The van der Waals surface area contributed by atoms with Crippen molar-refractivity contribution in [3.05, 3.63) is 70.2 Å². The van der Waals surface area contributed by atoms with Gasteiger partial charge in [-0.05, 0) is 44.2 Å². The SMILES string of the molecule is CCOc1nc(C(CS(C)(=O)=O)n2c(=O)n(C)c3cc(-c4cc(C)ccc4F)cnc32)ccc1OC. The molecule has 0 saturated heterocycles. The molecule has 0 fully saturated rings. The Balaban J connectivity index is 1.94. The van der Waals surface area contributed by atoms with Crippen LogP contribution in [-0.2, 0) is 16.9 Å². The lowest BCUT2D eigenvalue weighted by Gasteiger charge is -2.19. The Morgan fingerprint density at radius 2 is 1.92 bits per heavy atom. The summed E-state index contributed by atoms with van der Waals surface area (Å²) in [5, 5.41) is 0. The lowest BCUT2D eigenvalue weighted by Crippen LogP contribution is -2.31. The Bertz CT molecular complexity index is 1610. The molecule has 36 heavy (non-hydrogen) atoms. The number of pyridine rings is 2. The second-order valence-electron chi connectivity index (χ2n) is 8.55. The standard InChI is InChI=1S/C25H27FN4O5S/c1-6-35-24-22(34-4)10-9-19(28-24)21(14-36(5,32)33)30-23-20(29(3)25(30)31)12-16(13-27-23)17-11-15(2)7-8-18(17)26/h7-13,21H,6,14H2,1-5H3. The maximum absolute atomic E-state index is 14.5. The number of rotatable bonds is 8. The normalized spacial score (nSPS) is 12.6. The van der Waals surface area contributed by atoms with Crippen molar-refractivity contribution in [1.29, 1.82) is 0 Å². The van der Waals surface area contributed by atoms with Crippen molar-refractivity contribution in [3.8, 4) is 22.8 Å². The number of sulfone groups is 1. The Hall–Kier alpha value is -3.73. The molecule has 4 rings (SSSR count). The third kappa shape index (κ3) is 4.83. The summed E-state index contributed by atoms with van der Waals surface area (Å²) in [6.07, 6.45) is 2.57. The number of nitrogens with zero attached hydrogens (tertiary/aromatic N) is 4. The summed E-state index contributed by atoms with van der Waals surface area (Å²) < 4.78 is 52.9. The number of aromatic nitrogens is 4. The van der Waals surface area contributed by atoms with Gasteiger partial charge >= 0.3 is 5.69 Å². The molecule has 4 aromatic rings. The van der Waals surface area contributed by atoms with Crippen LogP contribution < -0.4 is 15.2 Å². The fourth-order valence-electron chi connectivity index (χ4n) is 4.12. The molecule has 0 N–H and O–H groups in total. The molecule has 11 heteroatoms. The summed E-state index contributed by atoms with van der Waals surface area (Å²) in [6, 6.07) is 8.65. The van der Waals surface area contributed by atoms with E-state index in [1.54, 1.807) is 44.3 Å². The van der Waals surface area contributed by atoms with Crippen molar-refractivity contribution < 1.29 is 22.3 Å². The van der Waals surface area contributed by atoms with Gasteiger partial charge in [-0.25, -0.2) is 27.6 Å². The van der Waals surface area contributed by atoms with Crippen molar-refractivity contribution in [1.82, 2.24) is 19.1 Å². The smallest absolute Gasteiger partial charge is 0.330 e. The molecule has 1 unspecified atom stereocenters. The summed E-state index contributed by atoms with van der Waals surface area (Å²) in [5.74, 6) is -0.235. The number of fused-ring (bicyclic) bond motifs is 1. The minimum Gasteiger partial charge on any atom is -0.491 e. The number of halogens is 1. The predicted molar refractivity (Wildman–Crippen MR) is 135 cm³/mol. The highest BCUT2D eigenvalue weighted by atomic mass is 32.2. The highest BCUT2D eigenvalue weighted by Crippen LogP contribution is 2.31. The van der Waals surface area contributed by atoms with E-state index in [4.69, 9.17) is 9.47 Å². The number of imidazole rings is 1. The number of ether oxygens (including phenoxy) is 2. The molecule has 0 aliphatic rings. The second-order valence-corrected chi connectivity index (χ2v) is 10.7. The second kappa shape index (κ2) is 9.73. The van der Waals surface area contributed by atoms with Crippen molar-refractivity contribution in [2.45, 2.75) is 19.9 Å². The maximum Gasteiger partial charge on any atom is 0.330 e. The first-order chi connectivity index (χ1) is 17.0. The van der Waals surface area contributed by atoms with Gasteiger partial charge in [0.15, 0.2) is 11.4 Å². The number of benzene rings is 1. The van der Waals surface area contributed by atoms with E-state index in [0.29, 0.717) is 34.7 Å². The number of hydrogen-bond acceptors (Lipinski definition) is 7. The Morgan fingerprint density at radius 3 is 2.58 bits per heavy atom. The van der Waals surface area contributed by atoms with Crippen LogP contribution in [0.5, 0.6) is 11.6 Å². The zero-order valence-electron chi connectivity index (χ0n) is 20.6. The molecule has 0 radical (unpaired) electrons. The fourth-order valence-corrected chi connectivity index (χ4v) is 5.02. The highest BCUT2D eigenvalue weighted by Gasteiger charge is 2.28. The summed E-state index contributed by atoms with van der Waals surface area (Å²) in [6.45, 7) is 3.96. The van der Waals surface area contributed by atoms with E-state index < -0.39 is 33.1 Å². The van der Waals surface area contributed by atoms with Crippen molar-refractivity contribution in [2.24, 2.45) is 7.05 Å². The van der Waals surface area contributed by atoms with Crippen LogP contribution in [0.25, 0.3) is 22.3 Å². The highest BCUT2D eigenvalue weighted by molar-refractivity contribution is 7.90. The molecule has 3 heterocycles. The summed E-state index contributed by atoms with van der Waals surface area (Å²) in [5.41, 5.74) is 2.23. The average Bonchev–Trinajstić information content (AvgIpc) is 3.08. The van der Waals surface area contributed by atoms with E-state index in [1.165, 1.54) is 28.5 Å². The predicted octanol–water partition coefficient (Wildman–Crippen LogP) is 3.29. The van der Waals surface area contributed by atoms with Crippen LogP contribution in [0.4, 0.5) is 4.39 Å². The van der Waals surface area contributed by atoms with E-state index >= 15 is 0 Å². The van der Waals surface area contributed by atoms with E-state index in [1.807, 2.05) is 6.92 Å². The van der Waals surface area contributed by atoms with Gasteiger partial charge in [-0.1, -0.05) is 11.6 Å². The van der Waals surface area contributed by atoms with Crippen molar-refractivity contribution in [2.75, 3.05) is 25.7 Å². The molecule has 0 spiro atoms. The van der Waals surface area contributed by atoms with Gasteiger partial charge in [0.05, 0.1) is 36.7 Å². The first-order valence-corrected chi connectivity index (χ1v) is 13.3. The van der Waals surface area contributed by atoms with E-state index in [-0.39, 0.29) is 11.5 Å². The number of aryl methyl sites for hydroxylation is 2. The van der Waals surface area contributed by atoms with Gasteiger partial charge in [0.2, 0.25) is 0 Å². The Morgan fingerprint density at radius 1 is 1.17 bits per heavy atom. The average molecular weight is 515 g/mol. The topological polar surface area (TPSA) is 105 Å². The molecule has 9 nitrogen and oxygen atoms in total. The van der Waals surface area contributed by atoms with Gasteiger partial charge in [-0.15, -0.1) is 0 Å². The largest absolute Gasteiger partial charge is 0.491 e. The minimum absolute atomic E-state index is 0.189. The molecular weight excluding hydrogens is 487 g/mol. The quantitative estimate of drug-likeness (QED) is 0.355. The monoisotopic (exact) mass is 514 g/mol. The van der Waals surface area contributed by atoms with Crippen LogP contribution in [0, 0.1) is 12.7 Å². The number of hydrogen-bond donors (Lipinski definition) is 0. The fraction of sp³-hybridized carbons (Fsp3) is 0.320. The molecule has 0 amide bonds. The molecule has 0 bridgehead atoms. The lowest BCUT2D eigenvalue weighted by molar-refractivity contribution is 0.296. The van der Waals surface area contributed by atoms with Gasteiger partial charge in [-0.3, -0.25) is 9.13 Å². The van der Waals surface area contributed by atoms with Crippen LogP contribution in [0.15, 0.2) is 47.4 Å². The first-order valence-electron chi connectivity index (χ1n) is 11.2. The zero-order chi connectivity index (χ0) is 26.2. The van der Waals surface area contributed by atoms with Crippen LogP contribution >= 0.6 is 0 Å². The van der Waals surface area contributed by atoms with Crippen molar-refractivity contribution in [3.63, 3.8) is 0 Å². The third-order valence-electron chi connectivity index (χ3n) is 5.82. The van der Waals surface area contributed by atoms with Gasteiger partial charge in [0, 0.05) is 30.6 Å². The molecule has 0 aliphatic carbocycles. The van der Waals surface area contributed by atoms with Crippen molar-refractivity contribution >= 4 is 21.0 Å². The van der Waals surface area contributed by atoms with Crippen LogP contribution in [0.2, 0.25) is 0 Å². The van der Waals surface area contributed by atoms with Crippen LogP contribution in [-0.4, -0.2) is 53.2 Å². The van der Waals surface area contributed by atoms with E-state index in [2.05, 4.69) is 9.97 Å². The van der Waals surface area contributed by atoms with Gasteiger partial charge in [0.25, 0.3) is 5.88 Å². The Kier molecular flexibility index (Phi) is 6.85. The molecule has 0 aliphatic heterocycles. The molecular formula is C25H27FN4O5S. The molecule has 3 aromatic heterocycles. The molecule has 1 atom stereocenters. The molecule has 0 saturated carbocycles. The van der Waals surface area contributed by atoms with Crippen LogP contribution in [0.1, 0.15) is 24.2 Å². The lowest BCUT2D eigenvalue weighted by atomic mass is 10.0. The van der Waals surface area contributed by atoms with E-state index in [0.717, 1.165) is 11.8 Å². The summed E-state index contributed by atoms with van der Waals surface area (Å²) in [4.78, 5) is 22.4.